The number of ether oxygens (including phenoxy) is 1. The highest BCUT2D eigenvalue weighted by molar-refractivity contribution is 5.88. The smallest absolute Gasteiger partial charge is 0.429 e. The van der Waals surface area contributed by atoms with E-state index >= 15 is 0 Å². The lowest BCUT2D eigenvalue weighted by Gasteiger charge is -2.29. The van der Waals surface area contributed by atoms with Crippen LogP contribution in [0.25, 0.3) is 0 Å². The van der Waals surface area contributed by atoms with Crippen molar-refractivity contribution in [3.63, 3.8) is 0 Å². The molecule has 1 aromatic carbocycles. The third kappa shape index (κ3) is 7.50. The fourth-order valence-electron chi connectivity index (χ4n) is 3.63. The number of carbonyl (C=O) groups is 2. The quantitative estimate of drug-likeness (QED) is 0.212. The maximum absolute atomic E-state index is 11.9. The normalized spacial score (nSPS) is 19.1. The molecule has 6 heteroatoms. The molecular formula is C22H32O6. The molecule has 0 amide bonds. The van der Waals surface area contributed by atoms with Crippen molar-refractivity contribution < 1.29 is 29.1 Å². The van der Waals surface area contributed by atoms with Gasteiger partial charge < -0.3 is 4.74 Å². The lowest BCUT2D eigenvalue weighted by Crippen LogP contribution is -2.30. The van der Waals surface area contributed by atoms with E-state index in [1.165, 1.54) is 24.8 Å². The number of unbranched alkanes of at least 4 members (excludes halogenated alkanes) is 3. The second kappa shape index (κ2) is 12.4. The van der Waals surface area contributed by atoms with Gasteiger partial charge in [0.2, 0.25) is 0 Å². The predicted octanol–water partition coefficient (Wildman–Crippen LogP) is 5.93. The molecule has 2 unspecified atom stereocenters. The standard InChI is InChI=1S/C22H32O6/c1-3-5-6-7-10-17-13-15-19(16-14-17)21(23)26-28-27-22(24)25-20-12-9-8-11-18(20)4-2/h13-16,18,20H,3-12H2,1-2H3. The Morgan fingerprint density at radius 3 is 2.43 bits per heavy atom. The molecule has 0 aliphatic heterocycles. The summed E-state index contributed by atoms with van der Waals surface area (Å²) in [6, 6.07) is 7.14. The fourth-order valence-corrected chi connectivity index (χ4v) is 3.63. The Hall–Kier alpha value is -2.08. The van der Waals surface area contributed by atoms with Crippen LogP contribution in [0.3, 0.4) is 0 Å². The lowest BCUT2D eigenvalue weighted by atomic mass is 9.85. The van der Waals surface area contributed by atoms with E-state index in [4.69, 9.17) is 4.74 Å². The molecule has 0 aromatic heterocycles. The molecular weight excluding hydrogens is 360 g/mol. The van der Waals surface area contributed by atoms with Crippen LogP contribution >= 0.6 is 0 Å². The molecule has 1 fully saturated rings. The molecule has 0 N–H and O–H groups in total. The summed E-state index contributed by atoms with van der Waals surface area (Å²) in [5.41, 5.74) is 1.50. The Labute approximate surface area is 167 Å². The van der Waals surface area contributed by atoms with Crippen molar-refractivity contribution in [1.82, 2.24) is 0 Å². The fraction of sp³-hybridized carbons (Fsp3) is 0.636. The number of hydrogen-bond donors (Lipinski definition) is 0. The van der Waals surface area contributed by atoms with Crippen LogP contribution in [0.15, 0.2) is 24.3 Å². The van der Waals surface area contributed by atoms with Crippen molar-refractivity contribution in [2.45, 2.75) is 84.2 Å². The summed E-state index contributed by atoms with van der Waals surface area (Å²) in [5, 5.41) is 4.32. The van der Waals surface area contributed by atoms with Crippen LogP contribution in [0.2, 0.25) is 0 Å². The van der Waals surface area contributed by atoms with E-state index in [-0.39, 0.29) is 6.10 Å². The van der Waals surface area contributed by atoms with Crippen molar-refractivity contribution in [3.05, 3.63) is 35.4 Å². The number of hydrogen-bond acceptors (Lipinski definition) is 6. The Bertz CT molecular complexity index is 598. The zero-order valence-corrected chi connectivity index (χ0v) is 17.0. The number of carbonyl (C=O) groups excluding carboxylic acids is 2. The highest BCUT2D eigenvalue weighted by atomic mass is 17.5. The van der Waals surface area contributed by atoms with Crippen molar-refractivity contribution in [3.8, 4) is 0 Å². The first-order valence-electron chi connectivity index (χ1n) is 10.5. The van der Waals surface area contributed by atoms with Gasteiger partial charge in [0.05, 0.1) is 10.6 Å². The molecule has 6 nitrogen and oxygen atoms in total. The molecule has 0 radical (unpaired) electrons. The van der Waals surface area contributed by atoms with Crippen LogP contribution in [-0.2, 0) is 26.0 Å². The molecule has 0 bridgehead atoms. The first kappa shape index (κ1) is 22.2. The third-order valence-electron chi connectivity index (χ3n) is 5.33. The SMILES string of the molecule is CCCCCCc1ccc(C(=O)OOOC(=O)OC2CCCCC2CC)cc1. The van der Waals surface area contributed by atoms with Crippen molar-refractivity contribution in [2.75, 3.05) is 0 Å². The van der Waals surface area contributed by atoms with Gasteiger partial charge in [-0.25, -0.2) is 14.5 Å². The molecule has 0 spiro atoms. The summed E-state index contributed by atoms with van der Waals surface area (Å²) in [5.74, 6) is -0.390. The van der Waals surface area contributed by atoms with E-state index in [9.17, 15) is 9.59 Å². The van der Waals surface area contributed by atoms with Gasteiger partial charge in [-0.1, -0.05) is 51.7 Å². The third-order valence-corrected chi connectivity index (χ3v) is 5.33. The maximum atomic E-state index is 11.9. The van der Waals surface area contributed by atoms with Gasteiger partial charge in [-0.3, -0.25) is 4.89 Å². The summed E-state index contributed by atoms with van der Waals surface area (Å²) in [6.45, 7) is 4.26. The predicted molar refractivity (Wildman–Crippen MR) is 104 cm³/mol. The van der Waals surface area contributed by atoms with E-state index in [1.54, 1.807) is 12.1 Å². The summed E-state index contributed by atoms with van der Waals surface area (Å²) >= 11 is 0. The summed E-state index contributed by atoms with van der Waals surface area (Å²) < 4.78 is 5.28. The van der Waals surface area contributed by atoms with Gasteiger partial charge >= 0.3 is 12.1 Å². The van der Waals surface area contributed by atoms with Gasteiger partial charge in [-0.15, -0.1) is 0 Å². The number of rotatable bonds is 10. The monoisotopic (exact) mass is 392 g/mol. The van der Waals surface area contributed by atoms with Gasteiger partial charge in [0.1, 0.15) is 6.10 Å². The average Bonchev–Trinajstić information content (AvgIpc) is 2.72. The minimum atomic E-state index is -0.986. The Balaban J connectivity index is 1.68. The molecule has 1 aromatic rings. The minimum absolute atomic E-state index is 0.171. The van der Waals surface area contributed by atoms with E-state index in [0.29, 0.717) is 11.5 Å². The van der Waals surface area contributed by atoms with Crippen molar-refractivity contribution in [1.29, 1.82) is 0 Å². The van der Waals surface area contributed by atoms with E-state index in [2.05, 4.69) is 28.7 Å². The van der Waals surface area contributed by atoms with E-state index < -0.39 is 12.1 Å². The molecule has 1 aliphatic carbocycles. The largest absolute Gasteiger partial charge is 0.543 e. The minimum Gasteiger partial charge on any atom is -0.429 e. The molecule has 2 atom stereocenters. The molecule has 0 saturated heterocycles. The Morgan fingerprint density at radius 2 is 1.71 bits per heavy atom. The van der Waals surface area contributed by atoms with Crippen LogP contribution in [0.4, 0.5) is 4.79 Å². The Morgan fingerprint density at radius 1 is 0.964 bits per heavy atom. The van der Waals surface area contributed by atoms with Gasteiger partial charge in [-0.2, -0.15) is 0 Å². The molecule has 0 heterocycles. The average molecular weight is 392 g/mol. The lowest BCUT2D eigenvalue weighted by molar-refractivity contribution is -0.453. The van der Waals surface area contributed by atoms with Gasteiger partial charge in [0, 0.05) is 0 Å². The second-order valence-electron chi connectivity index (χ2n) is 7.39. The first-order chi connectivity index (χ1) is 13.6. The molecule has 1 saturated carbocycles. The van der Waals surface area contributed by atoms with Crippen molar-refractivity contribution in [2.24, 2.45) is 5.92 Å². The summed E-state index contributed by atoms with van der Waals surface area (Å²) in [6.07, 6.45) is 9.61. The van der Waals surface area contributed by atoms with Crippen LogP contribution < -0.4 is 0 Å². The topological polar surface area (TPSA) is 71.1 Å². The molecule has 1 aliphatic rings. The highest BCUT2D eigenvalue weighted by Gasteiger charge is 2.28. The van der Waals surface area contributed by atoms with Crippen LogP contribution in [0.1, 0.15) is 87.6 Å². The zero-order chi connectivity index (χ0) is 20.2. The van der Waals surface area contributed by atoms with Crippen LogP contribution in [0, 0.1) is 5.92 Å². The first-order valence-corrected chi connectivity index (χ1v) is 10.5. The molecule has 28 heavy (non-hydrogen) atoms. The van der Waals surface area contributed by atoms with E-state index in [1.807, 2.05) is 12.1 Å². The van der Waals surface area contributed by atoms with Crippen LogP contribution in [0.5, 0.6) is 0 Å². The van der Waals surface area contributed by atoms with E-state index in [0.717, 1.165) is 44.9 Å². The highest BCUT2D eigenvalue weighted by Crippen LogP contribution is 2.29. The summed E-state index contributed by atoms with van der Waals surface area (Å²) in [7, 11) is 0. The second-order valence-corrected chi connectivity index (χ2v) is 7.39. The Kier molecular flexibility index (Phi) is 9.83. The van der Waals surface area contributed by atoms with Crippen molar-refractivity contribution >= 4 is 12.1 Å². The zero-order valence-electron chi connectivity index (χ0n) is 17.0. The van der Waals surface area contributed by atoms with Crippen LogP contribution in [-0.4, -0.2) is 18.2 Å². The summed E-state index contributed by atoms with van der Waals surface area (Å²) in [4.78, 5) is 32.6. The molecule has 2 rings (SSSR count). The number of benzene rings is 1. The van der Waals surface area contributed by atoms with Gasteiger partial charge in [0.15, 0.2) is 0 Å². The maximum Gasteiger partial charge on any atom is 0.543 e. The number of aryl methyl sites for hydroxylation is 1. The molecule has 156 valence electrons. The van der Waals surface area contributed by atoms with Gasteiger partial charge in [0.25, 0.3) is 0 Å². The van der Waals surface area contributed by atoms with Gasteiger partial charge in [-0.05, 0) is 62.1 Å².